The fourth-order valence-corrected chi connectivity index (χ4v) is 4.80. The van der Waals surface area contributed by atoms with E-state index in [0.717, 1.165) is 12.1 Å². The first kappa shape index (κ1) is 10.1. The van der Waals surface area contributed by atoms with Crippen LogP contribution in [0, 0.1) is 0 Å². The number of nitrogens with zero attached hydrogens (tertiary/aromatic N) is 1. The van der Waals surface area contributed by atoms with Gasteiger partial charge in [0.05, 0.1) is 0 Å². The normalized spacial score (nSPS) is 39.8. The van der Waals surface area contributed by atoms with Gasteiger partial charge in [-0.15, -0.1) is 0 Å². The van der Waals surface area contributed by atoms with Crippen molar-refractivity contribution in [3.05, 3.63) is 35.9 Å². The molecule has 0 aromatic heterocycles. The Morgan fingerprint density at radius 3 is 2.24 bits per heavy atom. The first-order valence-electron chi connectivity index (χ1n) is 7.20. The number of rotatable bonds is 2. The summed E-state index contributed by atoms with van der Waals surface area (Å²) < 4.78 is 0. The van der Waals surface area contributed by atoms with E-state index in [4.69, 9.17) is 0 Å². The van der Waals surface area contributed by atoms with Crippen molar-refractivity contribution in [3.63, 3.8) is 0 Å². The van der Waals surface area contributed by atoms with Crippen molar-refractivity contribution >= 4 is 0 Å². The van der Waals surface area contributed by atoms with Crippen LogP contribution in [0.4, 0.5) is 0 Å². The van der Waals surface area contributed by atoms with E-state index in [2.05, 4.69) is 35.2 Å². The van der Waals surface area contributed by atoms with E-state index in [1.165, 1.54) is 44.9 Å². The van der Waals surface area contributed by atoms with Gasteiger partial charge in [0.15, 0.2) is 0 Å². The van der Waals surface area contributed by atoms with Crippen molar-refractivity contribution in [2.45, 2.75) is 62.6 Å². The zero-order valence-electron chi connectivity index (χ0n) is 10.4. The fraction of sp³-hybridized carbons (Fsp3) is 0.625. The highest BCUT2D eigenvalue weighted by Crippen LogP contribution is 2.52. The molecule has 90 valence electrons. The van der Waals surface area contributed by atoms with Gasteiger partial charge in [0.25, 0.3) is 0 Å². The number of benzene rings is 1. The van der Waals surface area contributed by atoms with Gasteiger partial charge in [0.1, 0.15) is 0 Å². The predicted octanol–water partition coefficient (Wildman–Crippen LogP) is 3.39. The topological polar surface area (TPSA) is 3.24 Å². The van der Waals surface area contributed by atoms with Gasteiger partial charge in [-0.1, -0.05) is 30.3 Å². The maximum atomic E-state index is 2.93. The Morgan fingerprint density at radius 2 is 1.59 bits per heavy atom. The van der Waals surface area contributed by atoms with Crippen LogP contribution in [0.5, 0.6) is 0 Å². The Labute approximate surface area is 104 Å². The molecule has 0 saturated carbocycles. The highest BCUT2D eigenvalue weighted by atomic mass is 15.3. The lowest BCUT2D eigenvalue weighted by atomic mass is 9.87. The van der Waals surface area contributed by atoms with E-state index in [-0.39, 0.29) is 0 Å². The second-order valence-electron chi connectivity index (χ2n) is 6.26. The summed E-state index contributed by atoms with van der Waals surface area (Å²) in [4.78, 5) is 2.93. The van der Waals surface area contributed by atoms with Crippen LogP contribution in [0.15, 0.2) is 30.3 Å². The molecular weight excluding hydrogens is 206 g/mol. The van der Waals surface area contributed by atoms with Crippen LogP contribution in [0.1, 0.15) is 44.1 Å². The van der Waals surface area contributed by atoms with E-state index in [1.54, 1.807) is 5.56 Å². The zero-order valence-corrected chi connectivity index (χ0v) is 10.4. The lowest BCUT2D eigenvalue weighted by Gasteiger charge is -2.35. The Balaban J connectivity index is 1.64. The molecule has 0 aliphatic carbocycles. The van der Waals surface area contributed by atoms with Gasteiger partial charge in [0, 0.05) is 17.6 Å². The molecule has 3 aliphatic heterocycles. The summed E-state index contributed by atoms with van der Waals surface area (Å²) in [5.41, 5.74) is 2.09. The van der Waals surface area contributed by atoms with Crippen LogP contribution >= 0.6 is 0 Å². The van der Waals surface area contributed by atoms with E-state index in [9.17, 15) is 0 Å². The molecule has 1 aromatic rings. The average Bonchev–Trinajstić information content (AvgIpc) is 2.98. The van der Waals surface area contributed by atoms with Crippen LogP contribution < -0.4 is 0 Å². The van der Waals surface area contributed by atoms with E-state index in [0.29, 0.717) is 5.54 Å². The molecule has 3 fully saturated rings. The minimum absolute atomic E-state index is 0.549. The molecule has 0 amide bonds. The first-order chi connectivity index (χ1) is 8.37. The Hall–Kier alpha value is -0.820. The molecule has 3 aliphatic rings. The van der Waals surface area contributed by atoms with Gasteiger partial charge in [0.2, 0.25) is 0 Å². The van der Waals surface area contributed by atoms with Crippen molar-refractivity contribution in [2.75, 3.05) is 0 Å². The maximum Gasteiger partial charge on any atom is 0.0256 e. The van der Waals surface area contributed by atoms with Gasteiger partial charge >= 0.3 is 0 Å². The summed E-state index contributed by atoms with van der Waals surface area (Å²) in [5, 5.41) is 0. The molecule has 1 nitrogen and oxygen atoms in total. The van der Waals surface area contributed by atoms with Crippen molar-refractivity contribution in [1.82, 2.24) is 4.90 Å². The highest BCUT2D eigenvalue weighted by molar-refractivity contribution is 5.22. The molecule has 1 aromatic carbocycles. The molecule has 0 spiro atoms. The van der Waals surface area contributed by atoms with Gasteiger partial charge in [-0.25, -0.2) is 0 Å². The van der Waals surface area contributed by atoms with E-state index in [1.807, 2.05) is 0 Å². The number of hydrogen-bond acceptors (Lipinski definition) is 1. The van der Waals surface area contributed by atoms with E-state index >= 15 is 0 Å². The molecule has 17 heavy (non-hydrogen) atoms. The second-order valence-corrected chi connectivity index (χ2v) is 6.26. The molecule has 1 unspecified atom stereocenters. The van der Waals surface area contributed by atoms with Crippen LogP contribution in [-0.4, -0.2) is 22.5 Å². The third-order valence-electron chi connectivity index (χ3n) is 5.43. The molecule has 3 heterocycles. The minimum atomic E-state index is 0.549. The minimum Gasteiger partial charge on any atom is -0.291 e. The van der Waals surface area contributed by atoms with Gasteiger partial charge < -0.3 is 0 Å². The van der Waals surface area contributed by atoms with Crippen LogP contribution in [0.2, 0.25) is 0 Å². The lowest BCUT2D eigenvalue weighted by Crippen LogP contribution is -2.44. The monoisotopic (exact) mass is 227 g/mol. The summed E-state index contributed by atoms with van der Waals surface area (Å²) in [5.74, 6) is 0. The zero-order chi connectivity index (χ0) is 11.3. The van der Waals surface area contributed by atoms with Crippen molar-refractivity contribution in [1.29, 1.82) is 0 Å². The van der Waals surface area contributed by atoms with Crippen LogP contribution in [0.3, 0.4) is 0 Å². The fourth-order valence-electron chi connectivity index (χ4n) is 4.80. The van der Waals surface area contributed by atoms with Crippen molar-refractivity contribution in [2.24, 2.45) is 0 Å². The summed E-state index contributed by atoms with van der Waals surface area (Å²) in [6, 6.07) is 13.0. The van der Waals surface area contributed by atoms with Gasteiger partial charge in [-0.3, -0.25) is 4.90 Å². The predicted molar refractivity (Wildman–Crippen MR) is 70.0 cm³/mol. The van der Waals surface area contributed by atoms with Gasteiger partial charge in [-0.2, -0.15) is 0 Å². The summed E-state index contributed by atoms with van der Waals surface area (Å²) >= 11 is 0. The maximum absolute atomic E-state index is 2.93. The third-order valence-corrected chi connectivity index (χ3v) is 5.43. The first-order valence-corrected chi connectivity index (χ1v) is 7.20. The quantitative estimate of drug-likeness (QED) is 0.748. The van der Waals surface area contributed by atoms with Crippen molar-refractivity contribution < 1.29 is 0 Å². The third kappa shape index (κ3) is 1.41. The SMILES string of the molecule is c1ccc(CC23CC[C@H]4CC[C@@H](CC2)N43)cc1. The molecule has 0 radical (unpaired) electrons. The standard InChI is InChI=1S/C16H21N/c1-2-4-13(5-3-1)12-16-10-8-14-6-7-15(9-11-16)17(14)16/h1-5,14-15H,6-12H2/t14-,15+,16?. The molecule has 1 heteroatoms. The lowest BCUT2D eigenvalue weighted by molar-refractivity contribution is 0.145. The Bertz CT molecular complexity index is 395. The number of hydrogen-bond donors (Lipinski definition) is 0. The average molecular weight is 227 g/mol. The Morgan fingerprint density at radius 1 is 0.941 bits per heavy atom. The molecule has 0 bridgehead atoms. The Kier molecular flexibility index (Phi) is 2.14. The molecule has 3 atom stereocenters. The largest absolute Gasteiger partial charge is 0.291 e. The van der Waals surface area contributed by atoms with E-state index < -0.39 is 0 Å². The highest BCUT2D eigenvalue weighted by Gasteiger charge is 2.55. The molecular formula is C16H21N. The summed E-state index contributed by atoms with van der Waals surface area (Å²) in [6.07, 6.45) is 10.1. The summed E-state index contributed by atoms with van der Waals surface area (Å²) in [6.45, 7) is 0. The second kappa shape index (κ2) is 3.58. The summed E-state index contributed by atoms with van der Waals surface area (Å²) in [7, 11) is 0. The molecule has 3 saturated heterocycles. The van der Waals surface area contributed by atoms with Gasteiger partial charge in [-0.05, 0) is 50.5 Å². The molecule has 4 rings (SSSR count). The smallest absolute Gasteiger partial charge is 0.0256 e. The van der Waals surface area contributed by atoms with Crippen molar-refractivity contribution in [3.8, 4) is 0 Å². The molecule has 0 N–H and O–H groups in total. The van der Waals surface area contributed by atoms with Crippen LogP contribution in [0.25, 0.3) is 0 Å². The van der Waals surface area contributed by atoms with Crippen LogP contribution in [-0.2, 0) is 6.42 Å².